The van der Waals surface area contributed by atoms with E-state index >= 15 is 0 Å². The summed E-state index contributed by atoms with van der Waals surface area (Å²) in [4.78, 5) is 12.5. The van der Waals surface area contributed by atoms with Gasteiger partial charge in [-0.15, -0.1) is 0 Å². The Labute approximate surface area is 175 Å². The molecule has 3 nitrogen and oxygen atoms in total. The topological polar surface area (TPSA) is 42.2 Å². The number of nitrogens with one attached hydrogen (secondary N) is 1. The first kappa shape index (κ1) is 22.3. The summed E-state index contributed by atoms with van der Waals surface area (Å²) in [6.45, 7) is 6.32. The van der Waals surface area contributed by atoms with Gasteiger partial charge in [0, 0.05) is 11.1 Å². The van der Waals surface area contributed by atoms with Gasteiger partial charge >= 0.3 is 6.18 Å². The fraction of sp³-hybridized carbons (Fsp3) is 0.174. The maximum atomic E-state index is 13.8. The Morgan fingerprint density at radius 1 is 1.10 bits per heavy atom. The molecule has 0 bridgehead atoms. The molecule has 2 aromatic carbocycles. The van der Waals surface area contributed by atoms with Crippen molar-refractivity contribution < 1.29 is 31.2 Å². The summed E-state index contributed by atoms with van der Waals surface area (Å²) in [5.41, 5.74) is -0.421. The summed E-state index contributed by atoms with van der Waals surface area (Å²) >= 11 is 0. The highest BCUT2D eigenvalue weighted by Gasteiger charge is 2.31. The molecule has 0 aliphatic carbocycles. The molecule has 8 heteroatoms. The predicted octanol–water partition coefficient (Wildman–Crippen LogP) is 6.69. The predicted molar refractivity (Wildman–Crippen MR) is 106 cm³/mol. The molecule has 0 spiro atoms. The van der Waals surface area contributed by atoms with Crippen LogP contribution in [0.4, 0.5) is 22.0 Å². The van der Waals surface area contributed by atoms with E-state index < -0.39 is 35.3 Å². The molecule has 0 saturated carbocycles. The Bertz CT molecular complexity index is 1120. The lowest BCUT2D eigenvalue weighted by molar-refractivity contribution is -0.137. The molecule has 31 heavy (non-hydrogen) atoms. The quantitative estimate of drug-likeness (QED) is 0.454. The normalized spacial score (nSPS) is 12.5. The fourth-order valence-electron chi connectivity index (χ4n) is 2.96. The van der Waals surface area contributed by atoms with Gasteiger partial charge in [0.05, 0.1) is 11.6 Å². The van der Waals surface area contributed by atoms with E-state index in [1.165, 1.54) is 38.1 Å². The van der Waals surface area contributed by atoms with Crippen molar-refractivity contribution in [3.63, 3.8) is 0 Å². The maximum Gasteiger partial charge on any atom is 0.416 e. The van der Waals surface area contributed by atoms with Crippen LogP contribution in [0, 0.1) is 18.6 Å². The summed E-state index contributed by atoms with van der Waals surface area (Å²) < 4.78 is 72.4. The molecule has 0 fully saturated rings. The van der Waals surface area contributed by atoms with Crippen LogP contribution < -0.4 is 5.32 Å². The standard InChI is InChI=1S/C23H18F5NO2/c1-4-14-7-16(9-17(8-14)23(26,27)28)20-5-6-21(31-20)22(30)29-13(3)15-10-18(24)12(2)19(25)11-15/h4-11,13H,1H2,2-3H3,(H,29,30)/t13-/m1/s1. The van der Waals surface area contributed by atoms with Crippen molar-refractivity contribution in [3.05, 3.63) is 88.7 Å². The molecule has 1 atom stereocenters. The second kappa shape index (κ2) is 8.37. The van der Waals surface area contributed by atoms with Crippen LogP contribution in [0.5, 0.6) is 0 Å². The van der Waals surface area contributed by atoms with Crippen molar-refractivity contribution in [2.24, 2.45) is 0 Å². The zero-order valence-electron chi connectivity index (χ0n) is 16.6. The van der Waals surface area contributed by atoms with Crippen LogP contribution in [0.25, 0.3) is 17.4 Å². The van der Waals surface area contributed by atoms with E-state index in [0.717, 1.165) is 24.3 Å². The summed E-state index contributed by atoms with van der Waals surface area (Å²) in [5, 5.41) is 2.55. The molecule has 1 aromatic heterocycles. The molecule has 3 aromatic rings. The number of alkyl halides is 3. The van der Waals surface area contributed by atoms with E-state index in [9.17, 15) is 26.7 Å². The number of amides is 1. The van der Waals surface area contributed by atoms with E-state index in [1.54, 1.807) is 0 Å². The number of halogens is 5. The molecule has 1 amide bonds. The van der Waals surface area contributed by atoms with Crippen LogP contribution in [0.2, 0.25) is 0 Å². The molecule has 3 rings (SSSR count). The van der Waals surface area contributed by atoms with Crippen molar-refractivity contribution in [1.82, 2.24) is 5.32 Å². The Balaban J connectivity index is 1.84. The van der Waals surface area contributed by atoms with E-state index in [1.807, 2.05) is 0 Å². The van der Waals surface area contributed by atoms with Gasteiger partial charge in [0.2, 0.25) is 0 Å². The lowest BCUT2D eigenvalue weighted by Gasteiger charge is -2.14. The average molecular weight is 435 g/mol. The van der Waals surface area contributed by atoms with Crippen molar-refractivity contribution in [1.29, 1.82) is 0 Å². The molecule has 1 N–H and O–H groups in total. The van der Waals surface area contributed by atoms with Crippen LogP contribution in [-0.4, -0.2) is 5.91 Å². The van der Waals surface area contributed by atoms with Gasteiger partial charge in [0.15, 0.2) is 5.76 Å². The first-order valence-corrected chi connectivity index (χ1v) is 9.21. The largest absolute Gasteiger partial charge is 0.451 e. The number of carbonyl (C=O) groups is 1. The van der Waals surface area contributed by atoms with E-state index in [4.69, 9.17) is 4.42 Å². The first-order valence-electron chi connectivity index (χ1n) is 9.21. The molecule has 1 heterocycles. The van der Waals surface area contributed by atoms with Gasteiger partial charge in [-0.3, -0.25) is 4.79 Å². The third-order valence-corrected chi connectivity index (χ3v) is 4.78. The number of hydrogen-bond acceptors (Lipinski definition) is 2. The van der Waals surface area contributed by atoms with Crippen molar-refractivity contribution in [3.8, 4) is 11.3 Å². The van der Waals surface area contributed by atoms with Crippen LogP contribution in [0.1, 0.15) is 45.8 Å². The third kappa shape index (κ3) is 4.84. The van der Waals surface area contributed by atoms with Crippen molar-refractivity contribution in [2.45, 2.75) is 26.1 Å². The van der Waals surface area contributed by atoms with Gasteiger partial charge < -0.3 is 9.73 Å². The van der Waals surface area contributed by atoms with Crippen LogP contribution >= 0.6 is 0 Å². The molecule has 0 aliphatic rings. The molecular formula is C23H18F5NO2. The van der Waals surface area contributed by atoms with Gasteiger partial charge in [0.1, 0.15) is 17.4 Å². The number of benzene rings is 2. The second-order valence-corrected chi connectivity index (χ2v) is 7.01. The van der Waals surface area contributed by atoms with Crippen LogP contribution in [-0.2, 0) is 6.18 Å². The minimum Gasteiger partial charge on any atom is -0.451 e. The van der Waals surface area contributed by atoms with Gasteiger partial charge in [-0.05, 0) is 67.4 Å². The van der Waals surface area contributed by atoms with E-state index in [2.05, 4.69) is 11.9 Å². The Morgan fingerprint density at radius 2 is 1.74 bits per heavy atom. The summed E-state index contributed by atoms with van der Waals surface area (Å²) in [5.74, 6) is -2.26. The zero-order valence-corrected chi connectivity index (χ0v) is 16.6. The summed E-state index contributed by atoms with van der Waals surface area (Å²) in [6, 6.07) is 7.49. The Morgan fingerprint density at radius 3 is 2.32 bits per heavy atom. The van der Waals surface area contributed by atoms with Gasteiger partial charge in [-0.25, -0.2) is 8.78 Å². The van der Waals surface area contributed by atoms with Crippen LogP contribution in [0.3, 0.4) is 0 Å². The molecule has 0 unspecified atom stereocenters. The second-order valence-electron chi connectivity index (χ2n) is 7.01. The monoisotopic (exact) mass is 435 g/mol. The van der Waals surface area contributed by atoms with Gasteiger partial charge in [-0.2, -0.15) is 13.2 Å². The number of hydrogen-bond donors (Lipinski definition) is 1. The first-order chi connectivity index (χ1) is 14.5. The average Bonchev–Trinajstić information content (AvgIpc) is 3.21. The van der Waals surface area contributed by atoms with Crippen LogP contribution in [0.15, 0.2) is 53.5 Å². The van der Waals surface area contributed by atoms with E-state index in [-0.39, 0.29) is 33.8 Å². The van der Waals surface area contributed by atoms with E-state index in [0.29, 0.717) is 0 Å². The third-order valence-electron chi connectivity index (χ3n) is 4.78. The SMILES string of the molecule is C=Cc1cc(-c2ccc(C(=O)N[C@H](C)c3cc(F)c(C)c(F)c3)o2)cc(C(F)(F)F)c1. The number of furan rings is 1. The summed E-state index contributed by atoms with van der Waals surface area (Å²) in [7, 11) is 0. The summed E-state index contributed by atoms with van der Waals surface area (Å²) in [6.07, 6.45) is -3.29. The van der Waals surface area contributed by atoms with Crippen molar-refractivity contribution in [2.75, 3.05) is 0 Å². The molecule has 0 saturated heterocycles. The fourth-order valence-corrected chi connectivity index (χ4v) is 2.96. The molecule has 0 radical (unpaired) electrons. The highest BCUT2D eigenvalue weighted by molar-refractivity contribution is 5.92. The Kier molecular flexibility index (Phi) is 6.01. The number of rotatable bonds is 5. The Hall–Kier alpha value is -3.42. The smallest absolute Gasteiger partial charge is 0.416 e. The number of carbonyl (C=O) groups excluding carboxylic acids is 1. The minimum atomic E-state index is -4.56. The molecule has 0 aliphatic heterocycles. The van der Waals surface area contributed by atoms with Gasteiger partial charge in [0.25, 0.3) is 5.91 Å². The highest BCUT2D eigenvalue weighted by atomic mass is 19.4. The lowest BCUT2D eigenvalue weighted by atomic mass is 10.0. The molecular weight excluding hydrogens is 417 g/mol. The maximum absolute atomic E-state index is 13.8. The van der Waals surface area contributed by atoms with Crippen molar-refractivity contribution >= 4 is 12.0 Å². The molecule has 162 valence electrons. The lowest BCUT2D eigenvalue weighted by Crippen LogP contribution is -2.26. The minimum absolute atomic E-state index is 0.0550. The van der Waals surface area contributed by atoms with Gasteiger partial charge in [-0.1, -0.05) is 12.7 Å². The highest BCUT2D eigenvalue weighted by Crippen LogP contribution is 2.34. The zero-order chi connectivity index (χ0) is 22.9.